The number of amides is 1. The van der Waals surface area contributed by atoms with E-state index in [4.69, 9.17) is 28.3 Å². The topological polar surface area (TPSA) is 57.6 Å². The summed E-state index contributed by atoms with van der Waals surface area (Å²) in [6.07, 6.45) is 1.44. The maximum atomic E-state index is 12.3. The van der Waals surface area contributed by atoms with Crippen LogP contribution in [0.2, 0.25) is 10.0 Å². The van der Waals surface area contributed by atoms with Crippen molar-refractivity contribution < 1.29 is 14.7 Å². The van der Waals surface area contributed by atoms with Crippen LogP contribution in [0.15, 0.2) is 18.2 Å². The first kappa shape index (κ1) is 17.1. The number of hydrogen-bond donors (Lipinski definition) is 1. The second kappa shape index (κ2) is 7.34. The highest BCUT2D eigenvalue weighted by atomic mass is 35.5. The van der Waals surface area contributed by atoms with E-state index >= 15 is 0 Å². The second-order valence-corrected chi connectivity index (χ2v) is 6.63. The minimum Gasteiger partial charge on any atom is -0.481 e. The van der Waals surface area contributed by atoms with Crippen molar-refractivity contribution in [1.29, 1.82) is 0 Å². The highest BCUT2D eigenvalue weighted by molar-refractivity contribution is 6.35. The molecular formula is C16H19Cl2NO3. The summed E-state index contributed by atoms with van der Waals surface area (Å²) in [6.45, 7) is 2.90. The van der Waals surface area contributed by atoms with Crippen molar-refractivity contribution in [3.8, 4) is 0 Å². The van der Waals surface area contributed by atoms with Crippen LogP contribution in [0.5, 0.6) is 0 Å². The molecule has 1 aromatic rings. The minimum atomic E-state index is -0.771. The van der Waals surface area contributed by atoms with Gasteiger partial charge in [-0.3, -0.25) is 9.59 Å². The zero-order chi connectivity index (χ0) is 16.3. The van der Waals surface area contributed by atoms with E-state index in [0.717, 1.165) is 5.56 Å². The maximum Gasteiger partial charge on any atom is 0.306 e. The number of benzene rings is 1. The summed E-state index contributed by atoms with van der Waals surface area (Å²) in [7, 11) is 0. The van der Waals surface area contributed by atoms with Crippen LogP contribution in [-0.2, 0) is 16.0 Å². The third-order valence-corrected chi connectivity index (χ3v) is 4.79. The Hall–Kier alpha value is -1.26. The lowest BCUT2D eigenvalue weighted by Crippen LogP contribution is -2.45. The van der Waals surface area contributed by atoms with Gasteiger partial charge >= 0.3 is 5.97 Å². The molecule has 2 atom stereocenters. The molecule has 6 heteroatoms. The zero-order valence-corrected chi connectivity index (χ0v) is 13.9. The molecule has 0 aliphatic carbocycles. The number of carboxylic acids is 1. The van der Waals surface area contributed by atoms with Crippen molar-refractivity contribution in [2.45, 2.75) is 26.2 Å². The molecule has 1 amide bonds. The van der Waals surface area contributed by atoms with Crippen molar-refractivity contribution in [3.05, 3.63) is 33.8 Å². The number of carbonyl (C=O) groups is 2. The van der Waals surface area contributed by atoms with E-state index in [1.807, 2.05) is 13.0 Å². The number of hydrogen-bond acceptors (Lipinski definition) is 2. The number of aryl methyl sites for hydroxylation is 1. The molecule has 1 aliphatic rings. The average molecular weight is 344 g/mol. The minimum absolute atomic E-state index is 0.0191. The van der Waals surface area contributed by atoms with E-state index in [0.29, 0.717) is 42.4 Å². The zero-order valence-electron chi connectivity index (χ0n) is 12.4. The monoisotopic (exact) mass is 343 g/mol. The Labute approximate surface area is 140 Å². The molecule has 0 saturated carbocycles. The van der Waals surface area contributed by atoms with Crippen molar-refractivity contribution in [1.82, 2.24) is 4.90 Å². The average Bonchev–Trinajstić information content (AvgIpc) is 2.45. The van der Waals surface area contributed by atoms with Crippen LogP contribution in [0.4, 0.5) is 0 Å². The number of nitrogens with zero attached hydrogens (tertiary/aromatic N) is 1. The molecule has 0 bridgehead atoms. The molecule has 120 valence electrons. The van der Waals surface area contributed by atoms with Gasteiger partial charge in [0.05, 0.1) is 5.92 Å². The number of piperidine rings is 1. The van der Waals surface area contributed by atoms with Crippen LogP contribution in [0, 0.1) is 11.8 Å². The molecule has 0 aromatic heterocycles. The highest BCUT2D eigenvalue weighted by Gasteiger charge is 2.32. The van der Waals surface area contributed by atoms with Crippen molar-refractivity contribution in [2.24, 2.45) is 11.8 Å². The molecule has 0 spiro atoms. The molecule has 2 rings (SSSR count). The molecular weight excluding hydrogens is 325 g/mol. The van der Waals surface area contributed by atoms with Gasteiger partial charge in [0.15, 0.2) is 0 Å². The summed E-state index contributed by atoms with van der Waals surface area (Å²) < 4.78 is 0. The molecule has 1 N–H and O–H groups in total. The van der Waals surface area contributed by atoms with Crippen LogP contribution in [0.3, 0.4) is 0 Å². The molecule has 1 aliphatic heterocycles. The van der Waals surface area contributed by atoms with Crippen molar-refractivity contribution in [3.63, 3.8) is 0 Å². The van der Waals surface area contributed by atoms with E-state index in [2.05, 4.69) is 0 Å². The van der Waals surface area contributed by atoms with Crippen LogP contribution in [0.1, 0.15) is 25.3 Å². The fourth-order valence-corrected chi connectivity index (χ4v) is 3.37. The SMILES string of the molecule is CC1CN(C(=O)CCc2ccc(Cl)cc2Cl)CCC1C(=O)O. The molecule has 1 saturated heterocycles. The summed E-state index contributed by atoms with van der Waals surface area (Å²) in [5.74, 6) is -1.10. The van der Waals surface area contributed by atoms with E-state index in [9.17, 15) is 9.59 Å². The number of likely N-dealkylation sites (tertiary alicyclic amines) is 1. The fourth-order valence-electron chi connectivity index (χ4n) is 2.86. The first-order valence-electron chi connectivity index (χ1n) is 7.33. The first-order chi connectivity index (χ1) is 10.4. The summed E-state index contributed by atoms with van der Waals surface area (Å²) >= 11 is 12.0. The smallest absolute Gasteiger partial charge is 0.306 e. The third-order valence-electron chi connectivity index (χ3n) is 4.20. The first-order valence-corrected chi connectivity index (χ1v) is 8.08. The Bertz CT molecular complexity index is 577. The molecule has 1 aromatic carbocycles. The van der Waals surface area contributed by atoms with Crippen LogP contribution in [-0.4, -0.2) is 35.0 Å². The number of halogens is 2. The number of aliphatic carboxylic acids is 1. The van der Waals surface area contributed by atoms with Gasteiger partial charge < -0.3 is 10.0 Å². The van der Waals surface area contributed by atoms with Gasteiger partial charge in [-0.2, -0.15) is 0 Å². The van der Waals surface area contributed by atoms with Crippen LogP contribution < -0.4 is 0 Å². The van der Waals surface area contributed by atoms with E-state index in [1.54, 1.807) is 17.0 Å². The van der Waals surface area contributed by atoms with E-state index < -0.39 is 5.97 Å². The quantitative estimate of drug-likeness (QED) is 0.910. The van der Waals surface area contributed by atoms with Crippen molar-refractivity contribution >= 4 is 35.1 Å². The van der Waals surface area contributed by atoms with Crippen LogP contribution >= 0.6 is 23.2 Å². The lowest BCUT2D eigenvalue weighted by atomic mass is 9.87. The van der Waals surface area contributed by atoms with Gasteiger partial charge in [-0.15, -0.1) is 0 Å². The molecule has 4 nitrogen and oxygen atoms in total. The summed E-state index contributed by atoms with van der Waals surface area (Å²) in [6, 6.07) is 5.26. The Morgan fingerprint density at radius 2 is 2.09 bits per heavy atom. The summed E-state index contributed by atoms with van der Waals surface area (Å²) in [5.41, 5.74) is 0.896. The fraction of sp³-hybridized carbons (Fsp3) is 0.500. The third kappa shape index (κ3) is 4.14. The van der Waals surface area contributed by atoms with Crippen molar-refractivity contribution in [2.75, 3.05) is 13.1 Å². The van der Waals surface area contributed by atoms with Gasteiger partial charge in [-0.1, -0.05) is 36.2 Å². The lowest BCUT2D eigenvalue weighted by molar-refractivity contribution is -0.148. The van der Waals surface area contributed by atoms with Gasteiger partial charge in [-0.25, -0.2) is 0 Å². The van der Waals surface area contributed by atoms with Gasteiger partial charge in [0.25, 0.3) is 0 Å². The Morgan fingerprint density at radius 3 is 2.68 bits per heavy atom. The largest absolute Gasteiger partial charge is 0.481 e. The van der Waals surface area contributed by atoms with Crippen LogP contribution in [0.25, 0.3) is 0 Å². The molecule has 1 heterocycles. The number of carboxylic acid groups (broad SMARTS) is 1. The second-order valence-electron chi connectivity index (χ2n) is 5.79. The highest BCUT2D eigenvalue weighted by Crippen LogP contribution is 2.25. The molecule has 0 radical (unpaired) electrons. The lowest BCUT2D eigenvalue weighted by Gasteiger charge is -2.35. The predicted octanol–water partition coefficient (Wildman–Crippen LogP) is 3.50. The standard InChI is InChI=1S/C16H19Cl2NO3/c1-10-9-19(7-6-13(10)16(21)22)15(20)5-3-11-2-4-12(17)8-14(11)18/h2,4,8,10,13H,3,5-7,9H2,1H3,(H,21,22). The Kier molecular flexibility index (Phi) is 5.70. The Balaban J connectivity index is 1.89. The molecule has 1 fully saturated rings. The van der Waals surface area contributed by atoms with Gasteiger partial charge in [0, 0.05) is 29.6 Å². The van der Waals surface area contributed by atoms with E-state index in [-0.39, 0.29) is 17.7 Å². The number of carbonyl (C=O) groups excluding carboxylic acids is 1. The maximum absolute atomic E-state index is 12.3. The Morgan fingerprint density at radius 1 is 1.36 bits per heavy atom. The van der Waals surface area contributed by atoms with Gasteiger partial charge in [-0.05, 0) is 36.5 Å². The number of rotatable bonds is 4. The van der Waals surface area contributed by atoms with Gasteiger partial charge in [0.1, 0.15) is 0 Å². The molecule has 2 unspecified atom stereocenters. The normalized spacial score (nSPS) is 21.7. The summed E-state index contributed by atoms with van der Waals surface area (Å²) in [4.78, 5) is 25.1. The van der Waals surface area contributed by atoms with E-state index in [1.165, 1.54) is 0 Å². The predicted molar refractivity (Wildman–Crippen MR) is 86.3 cm³/mol. The summed E-state index contributed by atoms with van der Waals surface area (Å²) in [5, 5.41) is 10.3. The molecule has 22 heavy (non-hydrogen) atoms. The van der Waals surface area contributed by atoms with Gasteiger partial charge in [0.2, 0.25) is 5.91 Å².